The zero-order valence-electron chi connectivity index (χ0n) is 16.2. The number of alkyl carbamates (subject to hydrolysis) is 1. The smallest absolute Gasteiger partial charge is 0.414 e. The number of rotatable bonds is 10. The second-order valence-electron chi connectivity index (χ2n) is 5.66. The van der Waals surface area contributed by atoms with Gasteiger partial charge in [0.15, 0.2) is 24.6 Å². The van der Waals surface area contributed by atoms with Crippen molar-refractivity contribution < 1.29 is 33.5 Å². The summed E-state index contributed by atoms with van der Waals surface area (Å²) in [6.07, 6.45) is -0.794. The van der Waals surface area contributed by atoms with Gasteiger partial charge in [0.25, 0.3) is 11.8 Å². The van der Waals surface area contributed by atoms with Gasteiger partial charge in [0, 0.05) is 11.8 Å². The number of carbonyl (C=O) groups excluding carboxylic acids is 3. The van der Waals surface area contributed by atoms with E-state index in [4.69, 9.17) is 9.47 Å². The lowest BCUT2D eigenvalue weighted by Crippen LogP contribution is -3.11. The summed E-state index contributed by atoms with van der Waals surface area (Å²) in [7, 11) is 1.67. The molecule has 150 valence electrons. The van der Waals surface area contributed by atoms with Gasteiger partial charge >= 0.3 is 6.09 Å². The molecule has 0 radical (unpaired) electrons. The molecule has 1 unspecified atom stereocenters. The molecular formula is C18H28N3O6+. The second-order valence-corrected chi connectivity index (χ2v) is 5.66. The fourth-order valence-electron chi connectivity index (χ4n) is 2.27. The van der Waals surface area contributed by atoms with Crippen molar-refractivity contribution in [1.82, 2.24) is 5.32 Å². The maximum atomic E-state index is 12.2. The predicted octanol–water partition coefficient (Wildman–Crippen LogP) is 0.210. The molecule has 0 aliphatic heterocycles. The SMILES string of the molecule is CCOC(=O)NC(=O)C[NH+](C)CC(=O)Nc1ccc(OCC)c(OCC)c1. The van der Waals surface area contributed by atoms with Crippen LogP contribution in [-0.4, -0.2) is 57.9 Å². The van der Waals surface area contributed by atoms with Crippen LogP contribution in [0.1, 0.15) is 20.8 Å². The first-order valence-corrected chi connectivity index (χ1v) is 8.86. The van der Waals surface area contributed by atoms with Gasteiger partial charge in [-0.05, 0) is 32.9 Å². The number of quaternary nitrogens is 1. The fourth-order valence-corrected chi connectivity index (χ4v) is 2.27. The van der Waals surface area contributed by atoms with Crippen LogP contribution in [0.2, 0.25) is 0 Å². The third kappa shape index (κ3) is 8.41. The molecule has 0 aliphatic rings. The second kappa shape index (κ2) is 11.7. The summed E-state index contributed by atoms with van der Waals surface area (Å²) in [5.74, 6) is 0.365. The summed E-state index contributed by atoms with van der Waals surface area (Å²) in [6.45, 7) is 6.54. The Morgan fingerprint density at radius 1 is 0.926 bits per heavy atom. The maximum Gasteiger partial charge on any atom is 0.414 e. The summed E-state index contributed by atoms with van der Waals surface area (Å²) >= 11 is 0. The number of amides is 3. The van der Waals surface area contributed by atoms with E-state index in [0.717, 1.165) is 0 Å². The minimum Gasteiger partial charge on any atom is -0.490 e. The van der Waals surface area contributed by atoms with E-state index in [9.17, 15) is 14.4 Å². The van der Waals surface area contributed by atoms with Crippen LogP contribution in [0.5, 0.6) is 11.5 Å². The molecule has 0 saturated heterocycles. The van der Waals surface area contributed by atoms with E-state index in [-0.39, 0.29) is 25.6 Å². The van der Waals surface area contributed by atoms with E-state index < -0.39 is 12.0 Å². The van der Waals surface area contributed by atoms with Gasteiger partial charge in [0.1, 0.15) is 0 Å². The van der Waals surface area contributed by atoms with Crippen LogP contribution < -0.4 is 25.0 Å². The lowest BCUT2D eigenvalue weighted by Gasteiger charge is -2.15. The molecule has 3 amide bonds. The van der Waals surface area contributed by atoms with Crippen LogP contribution in [0, 0.1) is 0 Å². The van der Waals surface area contributed by atoms with Crippen LogP contribution in [0.15, 0.2) is 18.2 Å². The van der Waals surface area contributed by atoms with Gasteiger partial charge < -0.3 is 24.4 Å². The predicted molar refractivity (Wildman–Crippen MR) is 99.2 cm³/mol. The highest BCUT2D eigenvalue weighted by atomic mass is 16.5. The highest BCUT2D eigenvalue weighted by Gasteiger charge is 2.17. The molecule has 0 fully saturated rings. The summed E-state index contributed by atoms with van der Waals surface area (Å²) in [5.41, 5.74) is 0.565. The van der Waals surface area contributed by atoms with Crippen molar-refractivity contribution in [3.05, 3.63) is 18.2 Å². The van der Waals surface area contributed by atoms with E-state index in [1.54, 1.807) is 32.2 Å². The molecule has 1 atom stereocenters. The number of benzene rings is 1. The third-order valence-corrected chi connectivity index (χ3v) is 3.27. The van der Waals surface area contributed by atoms with Crippen molar-refractivity contribution in [2.24, 2.45) is 0 Å². The minimum absolute atomic E-state index is 0.0420. The van der Waals surface area contributed by atoms with Gasteiger partial charge in [-0.15, -0.1) is 0 Å². The van der Waals surface area contributed by atoms with Crippen molar-refractivity contribution in [1.29, 1.82) is 0 Å². The molecule has 27 heavy (non-hydrogen) atoms. The maximum absolute atomic E-state index is 12.2. The van der Waals surface area contributed by atoms with E-state index in [1.165, 1.54) is 0 Å². The third-order valence-electron chi connectivity index (χ3n) is 3.27. The Morgan fingerprint density at radius 3 is 2.19 bits per heavy atom. The number of hydrogen-bond acceptors (Lipinski definition) is 6. The van der Waals surface area contributed by atoms with Crippen molar-refractivity contribution in [2.45, 2.75) is 20.8 Å². The van der Waals surface area contributed by atoms with E-state index in [0.29, 0.717) is 35.3 Å². The van der Waals surface area contributed by atoms with Gasteiger partial charge in [0.2, 0.25) is 0 Å². The topological polar surface area (TPSA) is 107 Å². The summed E-state index contributed by atoms with van der Waals surface area (Å²) < 4.78 is 15.6. The number of ether oxygens (including phenoxy) is 3. The minimum atomic E-state index is -0.794. The molecule has 9 nitrogen and oxygen atoms in total. The van der Waals surface area contributed by atoms with Gasteiger partial charge in [-0.3, -0.25) is 14.9 Å². The zero-order chi connectivity index (χ0) is 20.2. The molecule has 0 heterocycles. The van der Waals surface area contributed by atoms with Crippen molar-refractivity contribution in [2.75, 3.05) is 45.3 Å². The van der Waals surface area contributed by atoms with Crippen LogP contribution in [0.4, 0.5) is 10.5 Å². The summed E-state index contributed by atoms with van der Waals surface area (Å²) in [6, 6.07) is 5.14. The Morgan fingerprint density at radius 2 is 1.56 bits per heavy atom. The Kier molecular flexibility index (Phi) is 9.66. The Bertz CT molecular complexity index is 650. The van der Waals surface area contributed by atoms with E-state index in [2.05, 4.69) is 15.4 Å². The first-order valence-electron chi connectivity index (χ1n) is 8.86. The molecule has 0 aliphatic carbocycles. The molecule has 0 saturated carbocycles. The number of nitrogens with one attached hydrogen (secondary N) is 3. The molecule has 9 heteroatoms. The first kappa shape index (κ1) is 22.2. The molecule has 0 spiro atoms. The standard InChI is InChI=1S/C18H27N3O6/c1-5-25-14-9-8-13(10-15(14)26-6-2)19-16(22)11-21(4)12-17(23)20-18(24)27-7-3/h8-10H,5-7,11-12H2,1-4H3,(H,19,22)(H,20,23,24)/p+1. The quantitative estimate of drug-likeness (QED) is 0.534. The molecule has 1 aromatic carbocycles. The van der Waals surface area contributed by atoms with Gasteiger partial charge in [0.05, 0.1) is 26.9 Å². The zero-order valence-corrected chi connectivity index (χ0v) is 16.2. The molecule has 3 N–H and O–H groups in total. The Balaban J connectivity index is 2.56. The molecular weight excluding hydrogens is 354 g/mol. The fraction of sp³-hybridized carbons (Fsp3) is 0.500. The summed E-state index contributed by atoms with van der Waals surface area (Å²) in [5, 5.41) is 4.85. The van der Waals surface area contributed by atoms with Crippen molar-refractivity contribution >= 4 is 23.6 Å². The lowest BCUT2D eigenvalue weighted by atomic mass is 10.2. The normalized spacial score (nSPS) is 11.3. The first-order chi connectivity index (χ1) is 12.9. The summed E-state index contributed by atoms with van der Waals surface area (Å²) in [4.78, 5) is 35.7. The molecule has 0 aromatic heterocycles. The number of likely N-dealkylation sites (N-methyl/N-ethyl adjacent to an activating group) is 1. The largest absolute Gasteiger partial charge is 0.490 e. The van der Waals surface area contributed by atoms with Gasteiger partial charge in [-0.1, -0.05) is 0 Å². The van der Waals surface area contributed by atoms with Crippen LogP contribution >= 0.6 is 0 Å². The Labute approximate surface area is 158 Å². The lowest BCUT2D eigenvalue weighted by molar-refractivity contribution is -0.862. The highest BCUT2D eigenvalue weighted by Crippen LogP contribution is 2.30. The van der Waals surface area contributed by atoms with Crippen molar-refractivity contribution in [3.63, 3.8) is 0 Å². The monoisotopic (exact) mass is 382 g/mol. The molecule has 0 bridgehead atoms. The van der Waals surface area contributed by atoms with Crippen LogP contribution in [0.3, 0.4) is 0 Å². The number of anilines is 1. The Hall–Kier alpha value is -2.81. The van der Waals surface area contributed by atoms with Crippen LogP contribution in [0.25, 0.3) is 0 Å². The number of carbonyl (C=O) groups is 3. The van der Waals surface area contributed by atoms with Crippen LogP contribution in [-0.2, 0) is 14.3 Å². The average Bonchev–Trinajstić information content (AvgIpc) is 2.57. The number of hydrogen-bond donors (Lipinski definition) is 3. The highest BCUT2D eigenvalue weighted by molar-refractivity contribution is 5.93. The number of imide groups is 1. The van der Waals surface area contributed by atoms with Gasteiger partial charge in [-0.2, -0.15) is 0 Å². The van der Waals surface area contributed by atoms with E-state index >= 15 is 0 Å². The molecule has 1 rings (SSSR count). The van der Waals surface area contributed by atoms with Crippen molar-refractivity contribution in [3.8, 4) is 11.5 Å². The average molecular weight is 382 g/mol. The van der Waals surface area contributed by atoms with Gasteiger partial charge in [-0.25, -0.2) is 4.79 Å². The molecule has 1 aromatic rings. The van der Waals surface area contributed by atoms with E-state index in [1.807, 2.05) is 13.8 Å².